The normalized spacial score (nSPS) is 15.5. The van der Waals surface area contributed by atoms with E-state index in [2.05, 4.69) is 11.8 Å². The van der Waals surface area contributed by atoms with Gasteiger partial charge in [0.1, 0.15) is 5.75 Å². The Bertz CT molecular complexity index is 415. The molecule has 3 nitrogen and oxygen atoms in total. The fraction of sp³-hybridized carbons (Fsp3) is 0.625. The molecule has 1 saturated heterocycles. The summed E-state index contributed by atoms with van der Waals surface area (Å²) in [7, 11) is 0. The van der Waals surface area contributed by atoms with Crippen molar-refractivity contribution in [2.75, 3.05) is 32.9 Å². The smallest absolute Gasteiger partial charge is 1.00 e. The Hall–Kier alpha value is -0.480. The Balaban J connectivity index is 0.00000220. The average molecular weight is 334 g/mol. The summed E-state index contributed by atoms with van der Waals surface area (Å²) < 4.78 is 11.3. The second kappa shape index (κ2) is 10.3. The van der Waals surface area contributed by atoms with Gasteiger partial charge in [0.15, 0.2) is 0 Å². The average Bonchev–Trinajstić information content (AvgIpc) is 2.47. The van der Waals surface area contributed by atoms with Crippen molar-refractivity contribution in [1.82, 2.24) is 4.90 Å². The summed E-state index contributed by atoms with van der Waals surface area (Å²) in [6.45, 7) is 7.44. The van der Waals surface area contributed by atoms with E-state index >= 15 is 0 Å². The van der Waals surface area contributed by atoms with E-state index < -0.39 is 0 Å². The maximum absolute atomic E-state index is 6.12. The van der Waals surface area contributed by atoms with Gasteiger partial charge in [-0.25, -0.2) is 0 Å². The standard InChI is InChI=1S/C16H24ClNO2.ClH/c1-2-3-4-9-20-16-6-5-15(17)12-14(16)13-18-7-10-19-11-8-18;/h5-6,12H,2-4,7-11,13H2,1H3;1H. The van der Waals surface area contributed by atoms with Crippen LogP contribution < -0.4 is 17.1 Å². The van der Waals surface area contributed by atoms with Gasteiger partial charge in [-0.3, -0.25) is 4.90 Å². The molecule has 1 heterocycles. The Morgan fingerprint density at radius 3 is 2.76 bits per heavy atom. The number of benzene rings is 1. The molecule has 0 N–H and O–H groups in total. The number of hydrogen-bond acceptors (Lipinski definition) is 3. The number of halogens is 2. The Labute approximate surface area is 140 Å². The number of nitrogens with zero attached hydrogens (tertiary/aromatic N) is 1. The predicted octanol–water partition coefficient (Wildman–Crippen LogP) is 0.858. The lowest BCUT2D eigenvalue weighted by Gasteiger charge is -2.27. The molecule has 0 radical (unpaired) electrons. The van der Waals surface area contributed by atoms with Gasteiger partial charge in [0, 0.05) is 30.2 Å². The van der Waals surface area contributed by atoms with Crippen molar-refractivity contribution in [3.63, 3.8) is 0 Å². The minimum absolute atomic E-state index is 0. The molecule has 1 aromatic carbocycles. The third-order valence-electron chi connectivity index (χ3n) is 3.53. The summed E-state index contributed by atoms with van der Waals surface area (Å²) in [5.41, 5.74) is 1.18. The molecule has 0 aromatic heterocycles. The molecule has 0 unspecified atom stereocenters. The lowest BCUT2D eigenvalue weighted by molar-refractivity contribution is -0.00000641. The van der Waals surface area contributed by atoms with Crippen molar-refractivity contribution in [2.24, 2.45) is 0 Å². The van der Waals surface area contributed by atoms with E-state index in [1.807, 2.05) is 18.2 Å². The highest BCUT2D eigenvalue weighted by Crippen LogP contribution is 2.25. The summed E-state index contributed by atoms with van der Waals surface area (Å²) in [6, 6.07) is 5.91. The molecule has 5 heteroatoms. The molecule has 21 heavy (non-hydrogen) atoms. The van der Waals surface area contributed by atoms with E-state index in [-0.39, 0.29) is 13.8 Å². The third-order valence-corrected chi connectivity index (χ3v) is 3.76. The van der Waals surface area contributed by atoms with Gasteiger partial charge in [-0.15, -0.1) is 0 Å². The lowest BCUT2D eigenvalue weighted by Crippen LogP contribution is -3.00. The van der Waals surface area contributed by atoms with Gasteiger partial charge in [-0.05, 0) is 24.6 Å². The van der Waals surface area contributed by atoms with Crippen molar-refractivity contribution in [3.05, 3.63) is 28.8 Å². The summed E-state index contributed by atoms with van der Waals surface area (Å²) in [6.07, 6.45) is 3.53. The molecule has 120 valence electrons. The Morgan fingerprint density at radius 1 is 1.29 bits per heavy atom. The Kier molecular flexibility index (Phi) is 9.09. The maximum Gasteiger partial charge on any atom is 1.00 e. The highest BCUT2D eigenvalue weighted by atomic mass is 35.5. The molecule has 1 aromatic rings. The molecular weight excluding hydrogens is 309 g/mol. The minimum Gasteiger partial charge on any atom is -1.00 e. The first-order valence-corrected chi connectivity index (χ1v) is 7.88. The highest BCUT2D eigenvalue weighted by molar-refractivity contribution is 6.30. The fourth-order valence-corrected chi connectivity index (χ4v) is 2.54. The van der Waals surface area contributed by atoms with Crippen LogP contribution in [-0.4, -0.2) is 37.8 Å². The number of ether oxygens (including phenoxy) is 2. The van der Waals surface area contributed by atoms with Gasteiger partial charge in [0.05, 0.1) is 19.8 Å². The second-order valence-electron chi connectivity index (χ2n) is 5.20. The molecule has 1 aliphatic rings. The van der Waals surface area contributed by atoms with Crippen LogP contribution in [0.5, 0.6) is 5.75 Å². The van der Waals surface area contributed by atoms with Gasteiger partial charge in [-0.1, -0.05) is 31.4 Å². The van der Waals surface area contributed by atoms with E-state index in [1.54, 1.807) is 0 Å². The van der Waals surface area contributed by atoms with Crippen LogP contribution in [0.2, 0.25) is 5.02 Å². The van der Waals surface area contributed by atoms with Crippen LogP contribution in [-0.2, 0) is 11.3 Å². The monoisotopic (exact) mass is 333 g/mol. The number of unbranched alkanes of at least 4 members (excludes halogenated alkanes) is 2. The van der Waals surface area contributed by atoms with Crippen molar-refractivity contribution >= 4 is 11.6 Å². The molecule has 0 saturated carbocycles. The zero-order valence-electron chi connectivity index (χ0n) is 13.6. The van der Waals surface area contributed by atoms with Crippen LogP contribution in [0, 0.1) is 0 Å². The summed E-state index contributed by atoms with van der Waals surface area (Å²) in [4.78, 5) is 2.38. The summed E-state index contributed by atoms with van der Waals surface area (Å²) >= 11 is 6.12. The zero-order chi connectivity index (χ0) is 14.2. The van der Waals surface area contributed by atoms with Crippen molar-refractivity contribution < 1.29 is 23.3 Å². The van der Waals surface area contributed by atoms with Crippen LogP contribution in [0.3, 0.4) is 0 Å². The van der Waals surface area contributed by atoms with Crippen LogP contribution in [0.25, 0.3) is 0 Å². The molecule has 0 aliphatic carbocycles. The Morgan fingerprint density at radius 2 is 2.05 bits per heavy atom. The number of rotatable bonds is 7. The minimum atomic E-state index is 0. The molecule has 1 aliphatic heterocycles. The molecule has 2 rings (SSSR count). The van der Waals surface area contributed by atoms with Crippen molar-refractivity contribution in [2.45, 2.75) is 32.7 Å². The van der Waals surface area contributed by atoms with E-state index in [0.29, 0.717) is 0 Å². The van der Waals surface area contributed by atoms with Gasteiger partial charge in [0.2, 0.25) is 0 Å². The zero-order valence-corrected chi connectivity index (χ0v) is 14.1. The quantitative estimate of drug-likeness (QED) is 0.691. The molecule has 0 spiro atoms. The van der Waals surface area contributed by atoms with E-state index in [4.69, 9.17) is 21.1 Å². The van der Waals surface area contributed by atoms with Crippen LogP contribution in [0.4, 0.5) is 0 Å². The number of hydrogen-bond donors (Lipinski definition) is 0. The maximum atomic E-state index is 6.12. The topological polar surface area (TPSA) is 21.7 Å². The van der Waals surface area contributed by atoms with E-state index in [9.17, 15) is 0 Å². The van der Waals surface area contributed by atoms with Gasteiger partial charge < -0.3 is 21.9 Å². The second-order valence-corrected chi connectivity index (χ2v) is 5.63. The van der Waals surface area contributed by atoms with Crippen molar-refractivity contribution in [3.8, 4) is 5.75 Å². The molecule has 1 fully saturated rings. The van der Waals surface area contributed by atoms with Gasteiger partial charge in [0.25, 0.3) is 0 Å². The lowest BCUT2D eigenvalue weighted by atomic mass is 10.1. The van der Waals surface area contributed by atoms with Crippen LogP contribution in [0.1, 0.15) is 33.2 Å². The van der Waals surface area contributed by atoms with E-state index in [0.717, 1.165) is 56.6 Å². The van der Waals surface area contributed by atoms with Crippen molar-refractivity contribution in [1.29, 1.82) is 0 Å². The molecule has 0 amide bonds. The summed E-state index contributed by atoms with van der Waals surface area (Å²) in [5.74, 6) is 0.969. The SMILES string of the molecule is CCCCCOc1ccc(Cl)cc1CN1CCOCC1.[Cl-].[H+]. The van der Waals surface area contributed by atoms with E-state index in [1.165, 1.54) is 18.4 Å². The van der Waals surface area contributed by atoms with Gasteiger partial charge >= 0.3 is 1.43 Å². The number of morpholine rings is 1. The first-order chi connectivity index (χ1) is 9.79. The first kappa shape index (κ1) is 18.6. The fourth-order valence-electron chi connectivity index (χ4n) is 2.35. The van der Waals surface area contributed by atoms with Crippen LogP contribution >= 0.6 is 11.6 Å². The summed E-state index contributed by atoms with van der Waals surface area (Å²) in [5, 5.41) is 0.772. The molecular formula is C16H25Cl2NO2. The first-order valence-electron chi connectivity index (χ1n) is 7.51. The van der Waals surface area contributed by atoms with Crippen LogP contribution in [0.15, 0.2) is 18.2 Å². The molecule has 0 atom stereocenters. The highest BCUT2D eigenvalue weighted by Gasteiger charge is 2.14. The molecule has 0 bridgehead atoms. The predicted molar refractivity (Wildman–Crippen MR) is 83.7 cm³/mol. The third kappa shape index (κ3) is 6.43. The largest absolute Gasteiger partial charge is 1.00 e. The van der Waals surface area contributed by atoms with Gasteiger partial charge in [-0.2, -0.15) is 0 Å².